The molecule has 0 radical (unpaired) electrons. The molecule has 0 aliphatic heterocycles. The molecule has 48 heavy (non-hydrogen) atoms. The number of aryl methyl sites for hydroxylation is 2. The number of benzene rings is 4. The van der Waals surface area contributed by atoms with Gasteiger partial charge in [-0.25, -0.2) is 8.42 Å². The van der Waals surface area contributed by atoms with Crippen LogP contribution >= 0.6 is 0 Å². The van der Waals surface area contributed by atoms with Crippen molar-refractivity contribution in [2.24, 2.45) is 0 Å². The minimum Gasteiger partial charge on any atom is -0.389 e. The molecule has 0 saturated carbocycles. The number of hydrogen-bond acceptors (Lipinski definition) is 6. The van der Waals surface area contributed by atoms with Crippen LogP contribution in [0.3, 0.4) is 0 Å². The van der Waals surface area contributed by atoms with Gasteiger partial charge in [0.25, 0.3) is 11.8 Å². The summed E-state index contributed by atoms with van der Waals surface area (Å²) in [4.78, 5) is 27.3. The molecule has 0 unspecified atom stereocenters. The summed E-state index contributed by atoms with van der Waals surface area (Å²) in [5, 5.41) is 20.7. The zero-order chi connectivity index (χ0) is 34.9. The smallest absolute Gasteiger partial charge is 0.252 e. The molecule has 0 spiro atoms. The van der Waals surface area contributed by atoms with Gasteiger partial charge >= 0.3 is 0 Å². The Bertz CT molecular complexity index is 1810. The Morgan fingerprint density at radius 1 is 0.833 bits per heavy atom. The third kappa shape index (κ3) is 9.53. The van der Waals surface area contributed by atoms with Crippen LogP contribution in [-0.4, -0.2) is 64.4 Å². The number of anilines is 1. The van der Waals surface area contributed by atoms with E-state index >= 15 is 0 Å². The maximum atomic E-state index is 14.0. The van der Waals surface area contributed by atoms with E-state index in [1.807, 2.05) is 68.4 Å². The molecule has 4 aromatic carbocycles. The van der Waals surface area contributed by atoms with Crippen LogP contribution in [0.5, 0.6) is 0 Å². The first-order valence-corrected chi connectivity index (χ1v) is 17.9. The molecule has 0 aliphatic carbocycles. The van der Waals surface area contributed by atoms with Crippen molar-refractivity contribution in [3.05, 3.63) is 136 Å². The average Bonchev–Trinajstić information content (AvgIpc) is 3.07. The second-order valence-corrected chi connectivity index (χ2v) is 14.4. The van der Waals surface area contributed by atoms with Crippen LogP contribution in [0, 0.1) is 13.8 Å². The van der Waals surface area contributed by atoms with Crippen molar-refractivity contribution in [2.75, 3.05) is 37.2 Å². The first-order valence-electron chi connectivity index (χ1n) is 16.0. The van der Waals surface area contributed by atoms with Crippen molar-refractivity contribution < 1.29 is 23.1 Å². The molecular formula is C38H46N4O5S. The minimum absolute atomic E-state index is 0.0775. The molecule has 9 nitrogen and oxygen atoms in total. The first kappa shape index (κ1) is 36.3. The Morgan fingerprint density at radius 3 is 2.10 bits per heavy atom. The fraction of sp³-hybridized carbons (Fsp3) is 0.316. The van der Waals surface area contributed by atoms with Gasteiger partial charge in [0.15, 0.2) is 0 Å². The molecule has 0 bridgehead atoms. The summed E-state index contributed by atoms with van der Waals surface area (Å²) >= 11 is 0. The van der Waals surface area contributed by atoms with Gasteiger partial charge in [0.1, 0.15) is 0 Å². The molecule has 2 atom stereocenters. The summed E-state index contributed by atoms with van der Waals surface area (Å²) in [5.41, 5.74) is 4.42. The topological polar surface area (TPSA) is 128 Å². The summed E-state index contributed by atoms with van der Waals surface area (Å²) in [5.74, 6) is -1.01. The quantitative estimate of drug-likeness (QED) is 0.138. The number of nitrogens with one attached hydrogen (secondary N) is 3. The van der Waals surface area contributed by atoms with Gasteiger partial charge in [0, 0.05) is 31.3 Å². The second kappa shape index (κ2) is 16.1. The Labute approximate surface area is 284 Å². The van der Waals surface area contributed by atoms with Gasteiger partial charge in [-0.3, -0.25) is 13.9 Å². The Kier molecular flexibility index (Phi) is 12.2. The molecule has 0 aromatic heterocycles. The first-order chi connectivity index (χ1) is 22.8. The van der Waals surface area contributed by atoms with Crippen molar-refractivity contribution in [1.29, 1.82) is 0 Å². The van der Waals surface area contributed by atoms with Crippen LogP contribution in [0.2, 0.25) is 0 Å². The average molecular weight is 671 g/mol. The van der Waals surface area contributed by atoms with Crippen LogP contribution in [0.4, 0.5) is 5.69 Å². The van der Waals surface area contributed by atoms with E-state index in [4.69, 9.17) is 0 Å². The van der Waals surface area contributed by atoms with Gasteiger partial charge in [0.05, 0.1) is 23.6 Å². The van der Waals surface area contributed by atoms with Gasteiger partial charge in [-0.15, -0.1) is 0 Å². The van der Waals surface area contributed by atoms with Crippen LogP contribution in [-0.2, 0) is 28.4 Å². The standard InChI is InChI=1S/C38H46N4O5S/c1-27-15-17-29(18-16-27)19-21-39-26-35(43)38(3,33-13-7-6-8-14-33)41-37(45)32-23-31(24-34(25-32)42(4)48(5,46)47)36(44)40-22-20-30-12-10-9-11-28(30)2/h6-18,23-25,35,39,43H,19-22,26H2,1-5H3,(H,40,44)(H,41,45)/t35-,38+/m1/s1. The highest BCUT2D eigenvalue weighted by Crippen LogP contribution is 2.27. The lowest BCUT2D eigenvalue weighted by molar-refractivity contribution is 0.0557. The summed E-state index contributed by atoms with van der Waals surface area (Å²) in [7, 11) is -2.34. The highest BCUT2D eigenvalue weighted by atomic mass is 32.2. The van der Waals surface area contributed by atoms with Crippen molar-refractivity contribution in [3.8, 4) is 0 Å². The Morgan fingerprint density at radius 2 is 1.46 bits per heavy atom. The van der Waals surface area contributed by atoms with Crippen LogP contribution < -0.4 is 20.3 Å². The molecule has 0 aliphatic rings. The maximum Gasteiger partial charge on any atom is 0.252 e. The molecule has 0 fully saturated rings. The van der Waals surface area contributed by atoms with Crippen LogP contribution in [0.1, 0.15) is 55.5 Å². The van der Waals surface area contributed by atoms with Crippen LogP contribution in [0.15, 0.2) is 97.1 Å². The lowest BCUT2D eigenvalue weighted by Crippen LogP contribution is -2.55. The lowest BCUT2D eigenvalue weighted by atomic mass is 9.85. The number of nitrogens with zero attached hydrogens (tertiary/aromatic N) is 1. The van der Waals surface area contributed by atoms with Crippen molar-refractivity contribution in [3.63, 3.8) is 0 Å². The van der Waals surface area contributed by atoms with Gasteiger partial charge < -0.3 is 21.1 Å². The summed E-state index contributed by atoms with van der Waals surface area (Å²) in [6.07, 6.45) is 1.41. The third-order valence-electron chi connectivity index (χ3n) is 8.71. The fourth-order valence-corrected chi connectivity index (χ4v) is 5.91. The van der Waals surface area contributed by atoms with E-state index < -0.39 is 33.5 Å². The number of aliphatic hydroxyl groups excluding tert-OH is 1. The fourth-order valence-electron chi connectivity index (χ4n) is 5.42. The number of amides is 2. The van der Waals surface area contributed by atoms with E-state index in [2.05, 4.69) is 40.2 Å². The van der Waals surface area contributed by atoms with Gasteiger partial charge in [-0.2, -0.15) is 0 Å². The SMILES string of the molecule is Cc1ccc(CCNC[C@@H](O)[C@@](C)(NC(=O)c2cc(C(=O)NCCc3ccccc3C)cc(N(C)S(C)(=O)=O)c2)c2ccccc2)cc1. The zero-order valence-corrected chi connectivity index (χ0v) is 29.1. The molecular weight excluding hydrogens is 625 g/mol. The van der Waals surface area contributed by atoms with E-state index in [-0.39, 0.29) is 23.4 Å². The summed E-state index contributed by atoms with van der Waals surface area (Å²) in [6, 6.07) is 29.7. The largest absolute Gasteiger partial charge is 0.389 e. The number of carbonyl (C=O) groups is 2. The number of carbonyl (C=O) groups excluding carboxylic acids is 2. The molecule has 4 rings (SSSR count). The zero-order valence-electron chi connectivity index (χ0n) is 28.3. The van der Waals surface area contributed by atoms with Gasteiger partial charge in [-0.1, -0.05) is 84.4 Å². The Hall–Kier alpha value is -4.51. The Balaban J connectivity index is 1.56. The molecule has 0 saturated heterocycles. The van der Waals surface area contributed by atoms with E-state index in [0.717, 1.165) is 28.1 Å². The molecule has 4 N–H and O–H groups in total. The monoisotopic (exact) mass is 670 g/mol. The van der Waals surface area contributed by atoms with Crippen molar-refractivity contribution >= 4 is 27.5 Å². The molecule has 254 valence electrons. The summed E-state index contributed by atoms with van der Waals surface area (Å²) in [6.45, 7) is 6.98. The number of aliphatic hydroxyl groups is 1. The van der Waals surface area contributed by atoms with E-state index in [1.54, 1.807) is 6.92 Å². The van der Waals surface area contributed by atoms with Crippen molar-refractivity contribution in [2.45, 2.75) is 45.3 Å². The minimum atomic E-state index is -3.70. The normalized spacial score (nSPS) is 13.3. The van der Waals surface area contributed by atoms with E-state index in [9.17, 15) is 23.1 Å². The predicted molar refractivity (Wildman–Crippen MR) is 192 cm³/mol. The number of rotatable bonds is 15. The molecule has 10 heteroatoms. The third-order valence-corrected chi connectivity index (χ3v) is 9.91. The predicted octanol–water partition coefficient (Wildman–Crippen LogP) is 4.51. The molecule has 2 amide bonds. The van der Waals surface area contributed by atoms with E-state index in [0.29, 0.717) is 25.1 Å². The van der Waals surface area contributed by atoms with Gasteiger partial charge in [-0.05, 0) is 80.6 Å². The second-order valence-electron chi connectivity index (χ2n) is 12.4. The number of sulfonamides is 1. The lowest BCUT2D eigenvalue weighted by Gasteiger charge is -2.36. The van der Waals surface area contributed by atoms with E-state index in [1.165, 1.54) is 36.4 Å². The van der Waals surface area contributed by atoms with Crippen LogP contribution in [0.25, 0.3) is 0 Å². The number of hydrogen-bond donors (Lipinski definition) is 4. The molecule has 0 heterocycles. The van der Waals surface area contributed by atoms with Crippen molar-refractivity contribution in [1.82, 2.24) is 16.0 Å². The molecule has 4 aromatic rings. The van der Waals surface area contributed by atoms with Gasteiger partial charge in [0.2, 0.25) is 10.0 Å². The highest BCUT2D eigenvalue weighted by molar-refractivity contribution is 7.92. The maximum absolute atomic E-state index is 14.0. The highest BCUT2D eigenvalue weighted by Gasteiger charge is 2.37. The summed E-state index contributed by atoms with van der Waals surface area (Å²) < 4.78 is 26.0.